The monoisotopic (exact) mass is 417 g/mol. The van der Waals surface area contributed by atoms with Crippen molar-refractivity contribution in [2.75, 3.05) is 26.3 Å². The fourth-order valence-electron chi connectivity index (χ4n) is 3.51. The van der Waals surface area contributed by atoms with Gasteiger partial charge in [-0.25, -0.2) is 8.42 Å². The molecule has 1 aliphatic heterocycles. The number of carbonyl (C=O) groups is 1. The zero-order valence-corrected chi connectivity index (χ0v) is 16.9. The van der Waals surface area contributed by atoms with Gasteiger partial charge in [-0.3, -0.25) is 4.79 Å². The van der Waals surface area contributed by atoms with Crippen LogP contribution in [0.5, 0.6) is 0 Å². The maximum Gasteiger partial charge on any atom is 0.243 e. The molecule has 1 aliphatic carbocycles. The summed E-state index contributed by atoms with van der Waals surface area (Å²) in [6.45, 7) is 2.00. The van der Waals surface area contributed by atoms with Crippen molar-refractivity contribution in [2.24, 2.45) is 11.7 Å². The zero-order valence-electron chi connectivity index (χ0n) is 15.3. The largest absolute Gasteiger partial charge is 0.379 e. The van der Waals surface area contributed by atoms with Crippen molar-refractivity contribution in [3.05, 3.63) is 29.8 Å². The Labute approximate surface area is 167 Å². The molecule has 1 saturated heterocycles. The predicted octanol–water partition coefficient (Wildman–Crippen LogP) is 1.26. The first-order valence-corrected chi connectivity index (χ1v) is 10.6. The third-order valence-corrected chi connectivity index (χ3v) is 7.00. The minimum absolute atomic E-state index is 0. The lowest BCUT2D eigenvalue weighted by Crippen LogP contribution is -2.40. The molecule has 1 saturated carbocycles. The number of nitrogens with zero attached hydrogens (tertiary/aromatic N) is 1. The first kappa shape index (κ1) is 22.1. The van der Waals surface area contributed by atoms with Crippen molar-refractivity contribution in [2.45, 2.75) is 43.2 Å². The van der Waals surface area contributed by atoms with Crippen molar-refractivity contribution in [1.29, 1.82) is 0 Å². The number of rotatable bonds is 5. The minimum Gasteiger partial charge on any atom is -0.379 e. The summed E-state index contributed by atoms with van der Waals surface area (Å²) < 4.78 is 31.8. The van der Waals surface area contributed by atoms with E-state index in [-0.39, 0.29) is 35.2 Å². The Morgan fingerprint density at radius 1 is 1.19 bits per heavy atom. The molecule has 2 fully saturated rings. The van der Waals surface area contributed by atoms with Crippen LogP contribution in [0.3, 0.4) is 0 Å². The third kappa shape index (κ3) is 5.65. The van der Waals surface area contributed by atoms with Crippen molar-refractivity contribution in [3.63, 3.8) is 0 Å². The molecule has 0 spiro atoms. The molecule has 1 aromatic rings. The quantitative estimate of drug-likeness (QED) is 0.751. The summed E-state index contributed by atoms with van der Waals surface area (Å²) >= 11 is 0. The maximum absolute atomic E-state index is 12.6. The molecule has 2 atom stereocenters. The molecule has 2 aliphatic rings. The summed E-state index contributed by atoms with van der Waals surface area (Å²) in [5, 5.41) is 2.94. The molecule has 3 rings (SSSR count). The highest BCUT2D eigenvalue weighted by Crippen LogP contribution is 2.23. The molecule has 9 heteroatoms. The van der Waals surface area contributed by atoms with Gasteiger partial charge in [0.15, 0.2) is 0 Å². The molecule has 0 aromatic heterocycles. The van der Waals surface area contributed by atoms with Crippen LogP contribution >= 0.6 is 12.4 Å². The van der Waals surface area contributed by atoms with E-state index < -0.39 is 10.0 Å². The number of nitrogens with one attached hydrogen (secondary N) is 1. The standard InChI is InChI=1S/C18H27N3O4S.ClH/c19-16-3-1-2-15(12-16)18(22)20-13-14-4-6-17(7-5-14)26(23,24)21-8-10-25-11-9-21;/h4-7,15-16H,1-3,8-13,19H2,(H,20,22);1H. The highest BCUT2D eigenvalue weighted by molar-refractivity contribution is 7.89. The summed E-state index contributed by atoms with van der Waals surface area (Å²) in [6, 6.07) is 6.82. The van der Waals surface area contributed by atoms with Gasteiger partial charge in [0.05, 0.1) is 18.1 Å². The van der Waals surface area contributed by atoms with Crippen LogP contribution in [0, 0.1) is 5.92 Å². The number of ether oxygens (including phenoxy) is 1. The smallest absolute Gasteiger partial charge is 0.243 e. The second-order valence-corrected chi connectivity index (χ2v) is 8.94. The van der Waals surface area contributed by atoms with Crippen LogP contribution in [-0.4, -0.2) is 51.0 Å². The lowest BCUT2D eigenvalue weighted by atomic mass is 9.85. The normalized spacial score (nSPS) is 24.0. The summed E-state index contributed by atoms with van der Waals surface area (Å²) in [5.74, 6) is 0.0184. The summed E-state index contributed by atoms with van der Waals surface area (Å²) in [6.07, 6.45) is 3.61. The number of hydrogen-bond donors (Lipinski definition) is 2. The van der Waals surface area contributed by atoms with E-state index >= 15 is 0 Å². The average molecular weight is 418 g/mol. The highest BCUT2D eigenvalue weighted by atomic mass is 35.5. The van der Waals surface area contributed by atoms with Gasteiger partial charge in [-0.05, 0) is 37.0 Å². The fourth-order valence-corrected chi connectivity index (χ4v) is 4.92. The predicted molar refractivity (Wildman–Crippen MR) is 105 cm³/mol. The molecule has 3 N–H and O–H groups in total. The molecule has 1 amide bonds. The summed E-state index contributed by atoms with van der Waals surface area (Å²) in [4.78, 5) is 12.5. The van der Waals surface area contributed by atoms with Gasteiger partial charge in [0.2, 0.25) is 15.9 Å². The number of morpholine rings is 1. The van der Waals surface area contributed by atoms with Crippen LogP contribution in [-0.2, 0) is 26.1 Å². The van der Waals surface area contributed by atoms with E-state index in [2.05, 4.69) is 5.32 Å². The van der Waals surface area contributed by atoms with Gasteiger partial charge in [0.1, 0.15) is 0 Å². The lowest BCUT2D eigenvalue weighted by Gasteiger charge is -2.26. The molecule has 27 heavy (non-hydrogen) atoms. The van der Waals surface area contributed by atoms with Crippen molar-refractivity contribution >= 4 is 28.3 Å². The Balaban J connectivity index is 0.00000261. The van der Waals surface area contributed by atoms with Crippen LogP contribution in [0.15, 0.2) is 29.2 Å². The van der Waals surface area contributed by atoms with Gasteiger partial charge in [0, 0.05) is 31.6 Å². The second-order valence-electron chi connectivity index (χ2n) is 7.00. The molecule has 1 aromatic carbocycles. The van der Waals surface area contributed by atoms with Gasteiger partial charge < -0.3 is 15.8 Å². The Bertz CT molecular complexity index is 721. The zero-order chi connectivity index (χ0) is 18.6. The van der Waals surface area contributed by atoms with E-state index in [4.69, 9.17) is 10.5 Å². The van der Waals surface area contributed by atoms with Crippen molar-refractivity contribution in [3.8, 4) is 0 Å². The summed E-state index contributed by atoms with van der Waals surface area (Å²) in [5.41, 5.74) is 6.81. The van der Waals surface area contributed by atoms with Crippen molar-refractivity contribution < 1.29 is 17.9 Å². The Kier molecular flexibility index (Phi) is 8.05. The topological polar surface area (TPSA) is 102 Å². The van der Waals surface area contributed by atoms with Gasteiger partial charge in [-0.2, -0.15) is 4.31 Å². The minimum atomic E-state index is -3.48. The van der Waals surface area contributed by atoms with Crippen LogP contribution in [0.4, 0.5) is 0 Å². The van der Waals surface area contributed by atoms with Gasteiger partial charge in [0.25, 0.3) is 0 Å². The number of halogens is 1. The SMILES string of the molecule is Cl.NC1CCCC(C(=O)NCc2ccc(S(=O)(=O)N3CCOCC3)cc2)C1. The first-order valence-electron chi connectivity index (χ1n) is 9.17. The van der Waals surface area contributed by atoms with E-state index in [0.29, 0.717) is 32.8 Å². The molecule has 0 bridgehead atoms. The molecular formula is C18H28ClN3O4S. The second kappa shape index (κ2) is 9.84. The summed E-state index contributed by atoms with van der Waals surface area (Å²) in [7, 11) is -3.48. The third-order valence-electron chi connectivity index (χ3n) is 5.08. The Morgan fingerprint density at radius 3 is 2.48 bits per heavy atom. The van der Waals surface area contributed by atoms with Crippen LogP contribution in [0.2, 0.25) is 0 Å². The number of nitrogens with two attached hydrogens (primary N) is 1. The van der Waals surface area contributed by atoms with E-state index in [0.717, 1.165) is 31.2 Å². The van der Waals surface area contributed by atoms with Gasteiger partial charge in [-0.1, -0.05) is 18.6 Å². The van der Waals surface area contributed by atoms with Gasteiger partial charge in [-0.15, -0.1) is 12.4 Å². The Morgan fingerprint density at radius 2 is 1.85 bits per heavy atom. The Hall–Kier alpha value is -1.19. The first-order chi connectivity index (χ1) is 12.5. The molecule has 1 heterocycles. The fraction of sp³-hybridized carbons (Fsp3) is 0.611. The van der Waals surface area contributed by atoms with Crippen molar-refractivity contribution in [1.82, 2.24) is 9.62 Å². The molecule has 0 radical (unpaired) electrons. The van der Waals surface area contributed by atoms with Crippen LogP contribution < -0.4 is 11.1 Å². The number of amides is 1. The van der Waals surface area contributed by atoms with E-state index in [1.54, 1.807) is 24.3 Å². The number of benzene rings is 1. The van der Waals surface area contributed by atoms with E-state index in [1.165, 1.54) is 4.31 Å². The molecule has 152 valence electrons. The lowest BCUT2D eigenvalue weighted by molar-refractivity contribution is -0.126. The van der Waals surface area contributed by atoms with E-state index in [1.807, 2.05) is 0 Å². The highest BCUT2D eigenvalue weighted by Gasteiger charge is 2.27. The van der Waals surface area contributed by atoms with Crippen LogP contribution in [0.25, 0.3) is 0 Å². The number of carbonyl (C=O) groups excluding carboxylic acids is 1. The number of sulfonamides is 1. The van der Waals surface area contributed by atoms with Crippen LogP contribution in [0.1, 0.15) is 31.2 Å². The average Bonchev–Trinajstić information content (AvgIpc) is 2.67. The van der Waals surface area contributed by atoms with E-state index in [9.17, 15) is 13.2 Å². The molecular weight excluding hydrogens is 390 g/mol. The van der Waals surface area contributed by atoms with Gasteiger partial charge >= 0.3 is 0 Å². The molecule has 2 unspecified atom stereocenters. The molecule has 7 nitrogen and oxygen atoms in total. The number of hydrogen-bond acceptors (Lipinski definition) is 5. The maximum atomic E-state index is 12.6.